The molecule has 1 saturated heterocycles. The van der Waals surface area contributed by atoms with Crippen molar-refractivity contribution in [1.82, 2.24) is 19.7 Å². The molecule has 2 amide bonds. The summed E-state index contributed by atoms with van der Waals surface area (Å²) in [5.74, 6) is 1.21. The average molecular weight is 383 g/mol. The van der Waals surface area contributed by atoms with Crippen molar-refractivity contribution in [2.45, 2.75) is 36.9 Å². The Labute approximate surface area is 161 Å². The van der Waals surface area contributed by atoms with Crippen LogP contribution in [-0.2, 0) is 0 Å². The molecule has 1 aromatic heterocycles. The van der Waals surface area contributed by atoms with Crippen molar-refractivity contribution in [3.05, 3.63) is 35.4 Å². The maximum absolute atomic E-state index is 12.5. The molecule has 0 unspecified atom stereocenters. The molecule has 1 saturated carbocycles. The van der Waals surface area contributed by atoms with Gasteiger partial charge >= 0.3 is 0 Å². The highest BCUT2D eigenvalue weighted by atomic mass is 32.2. The summed E-state index contributed by atoms with van der Waals surface area (Å²) < 4.78 is 2.26. The maximum atomic E-state index is 12.5. The summed E-state index contributed by atoms with van der Waals surface area (Å²) in [6, 6.07) is 7.52. The van der Waals surface area contributed by atoms with Crippen molar-refractivity contribution in [1.29, 1.82) is 0 Å². The summed E-state index contributed by atoms with van der Waals surface area (Å²) in [5, 5.41) is 9.75. The first-order chi connectivity index (χ1) is 13.2. The van der Waals surface area contributed by atoms with E-state index in [2.05, 4.69) is 19.7 Å². The van der Waals surface area contributed by atoms with Crippen LogP contribution in [0.2, 0.25) is 0 Å². The second-order valence-corrected chi connectivity index (χ2v) is 8.30. The quantitative estimate of drug-likeness (QED) is 0.564. The predicted octanol–water partition coefficient (Wildman–Crippen LogP) is 2.60. The Balaban J connectivity index is 1.28. The highest BCUT2D eigenvalue weighted by molar-refractivity contribution is 7.99. The molecule has 0 bridgehead atoms. The number of fused-ring (bicyclic) bond motifs is 1. The first-order valence-corrected chi connectivity index (χ1v) is 10.5. The molecule has 5 rings (SSSR count). The van der Waals surface area contributed by atoms with Gasteiger partial charge in [-0.05, 0) is 37.8 Å². The molecule has 0 radical (unpaired) electrons. The molecule has 1 aromatic carbocycles. The molecule has 8 heteroatoms. The van der Waals surface area contributed by atoms with Crippen LogP contribution in [0.3, 0.4) is 0 Å². The molecule has 27 heavy (non-hydrogen) atoms. The predicted molar refractivity (Wildman–Crippen MR) is 102 cm³/mol. The van der Waals surface area contributed by atoms with Crippen molar-refractivity contribution >= 4 is 29.5 Å². The zero-order valence-corrected chi connectivity index (χ0v) is 15.8. The number of hydrogen-bond acceptors (Lipinski definition) is 6. The standard InChI is InChI=1S/C19H21N5O2S/c25-16-14-5-1-2-6-15(14)17(26)23(16)11-12-27-19-21-20-18(22-9-3-4-10-22)24(19)13-7-8-13/h1-2,5-6,13H,3-4,7-12H2. The van der Waals surface area contributed by atoms with Crippen LogP contribution in [0.25, 0.3) is 0 Å². The zero-order valence-electron chi connectivity index (χ0n) is 15.0. The number of rotatable bonds is 6. The van der Waals surface area contributed by atoms with Crippen LogP contribution in [0.1, 0.15) is 52.4 Å². The van der Waals surface area contributed by atoms with Gasteiger partial charge in [0.25, 0.3) is 11.8 Å². The van der Waals surface area contributed by atoms with Gasteiger partial charge in [0, 0.05) is 31.4 Å². The third-order valence-corrected chi connectivity index (χ3v) is 6.29. The van der Waals surface area contributed by atoms with E-state index in [4.69, 9.17) is 0 Å². The number of aromatic nitrogens is 3. The van der Waals surface area contributed by atoms with E-state index < -0.39 is 0 Å². The van der Waals surface area contributed by atoms with Crippen molar-refractivity contribution in [2.75, 3.05) is 30.3 Å². The van der Waals surface area contributed by atoms with E-state index in [0.717, 1.165) is 24.2 Å². The number of benzene rings is 1. The summed E-state index contributed by atoms with van der Waals surface area (Å²) in [6.07, 6.45) is 4.76. The number of nitrogens with zero attached hydrogens (tertiary/aromatic N) is 5. The lowest BCUT2D eigenvalue weighted by Crippen LogP contribution is -2.31. The summed E-state index contributed by atoms with van der Waals surface area (Å²) in [6.45, 7) is 2.47. The molecule has 7 nitrogen and oxygen atoms in total. The molecule has 2 aromatic rings. The molecule has 0 N–H and O–H groups in total. The number of thioether (sulfide) groups is 1. The molecule has 1 aliphatic carbocycles. The number of carbonyl (C=O) groups is 2. The summed E-state index contributed by atoms with van der Waals surface area (Å²) >= 11 is 1.58. The molecular weight excluding hydrogens is 362 g/mol. The van der Waals surface area contributed by atoms with Crippen LogP contribution in [0.15, 0.2) is 29.4 Å². The Hall–Kier alpha value is -2.35. The van der Waals surface area contributed by atoms with E-state index in [1.54, 1.807) is 36.0 Å². The molecule has 0 spiro atoms. The van der Waals surface area contributed by atoms with Gasteiger partial charge in [0.2, 0.25) is 5.95 Å². The van der Waals surface area contributed by atoms with Crippen molar-refractivity contribution in [3.8, 4) is 0 Å². The van der Waals surface area contributed by atoms with E-state index in [1.807, 2.05) is 0 Å². The minimum atomic E-state index is -0.197. The van der Waals surface area contributed by atoms with Crippen molar-refractivity contribution < 1.29 is 9.59 Å². The van der Waals surface area contributed by atoms with Gasteiger partial charge in [0.05, 0.1) is 11.1 Å². The number of hydrogen-bond donors (Lipinski definition) is 0. The topological polar surface area (TPSA) is 71.3 Å². The first kappa shape index (κ1) is 16.8. The van der Waals surface area contributed by atoms with E-state index in [0.29, 0.717) is 29.5 Å². The van der Waals surface area contributed by atoms with Gasteiger partial charge in [0.1, 0.15) is 0 Å². The van der Waals surface area contributed by atoms with Gasteiger partial charge in [-0.1, -0.05) is 23.9 Å². The monoisotopic (exact) mass is 383 g/mol. The third kappa shape index (κ3) is 2.92. The highest BCUT2D eigenvalue weighted by Crippen LogP contribution is 2.41. The minimum Gasteiger partial charge on any atom is -0.341 e. The van der Waals surface area contributed by atoms with Crippen molar-refractivity contribution in [2.24, 2.45) is 0 Å². The van der Waals surface area contributed by atoms with E-state index >= 15 is 0 Å². The Morgan fingerprint density at radius 1 is 1.00 bits per heavy atom. The van der Waals surface area contributed by atoms with Gasteiger partial charge < -0.3 is 4.90 Å². The molecule has 0 atom stereocenters. The molecule has 2 fully saturated rings. The number of carbonyl (C=O) groups excluding carboxylic acids is 2. The number of imide groups is 1. The molecule has 3 aliphatic rings. The minimum absolute atomic E-state index is 0.197. The Morgan fingerprint density at radius 3 is 2.30 bits per heavy atom. The summed E-state index contributed by atoms with van der Waals surface area (Å²) in [4.78, 5) is 28.6. The van der Waals surface area contributed by atoms with E-state index in [-0.39, 0.29) is 11.8 Å². The fourth-order valence-corrected chi connectivity index (χ4v) is 4.75. The number of amides is 2. The van der Waals surface area contributed by atoms with Crippen LogP contribution in [0.5, 0.6) is 0 Å². The van der Waals surface area contributed by atoms with Gasteiger partial charge in [0.15, 0.2) is 5.16 Å². The first-order valence-electron chi connectivity index (χ1n) is 9.52. The largest absolute Gasteiger partial charge is 0.341 e. The Morgan fingerprint density at radius 2 is 1.67 bits per heavy atom. The van der Waals surface area contributed by atoms with Crippen LogP contribution < -0.4 is 4.90 Å². The van der Waals surface area contributed by atoms with E-state index in [1.165, 1.54) is 30.6 Å². The number of anilines is 1. The third-order valence-electron chi connectivity index (χ3n) is 5.37. The second-order valence-electron chi connectivity index (χ2n) is 7.23. The normalized spacial score (nSPS) is 19.3. The van der Waals surface area contributed by atoms with Crippen LogP contribution in [0.4, 0.5) is 5.95 Å². The smallest absolute Gasteiger partial charge is 0.261 e. The van der Waals surface area contributed by atoms with Crippen LogP contribution in [-0.4, -0.2) is 56.9 Å². The average Bonchev–Trinajstić information content (AvgIpc) is 3.13. The van der Waals surface area contributed by atoms with Gasteiger partial charge in [-0.15, -0.1) is 10.2 Å². The van der Waals surface area contributed by atoms with Gasteiger partial charge in [-0.2, -0.15) is 0 Å². The lowest BCUT2D eigenvalue weighted by atomic mass is 10.1. The molecule has 3 heterocycles. The van der Waals surface area contributed by atoms with Gasteiger partial charge in [-0.25, -0.2) is 0 Å². The Kier molecular flexibility index (Phi) is 4.15. The van der Waals surface area contributed by atoms with Crippen LogP contribution in [0, 0.1) is 0 Å². The highest BCUT2D eigenvalue weighted by Gasteiger charge is 2.35. The molecular formula is C19H21N5O2S. The summed E-state index contributed by atoms with van der Waals surface area (Å²) in [5.41, 5.74) is 1.01. The fraction of sp³-hybridized carbons (Fsp3) is 0.474. The molecule has 2 aliphatic heterocycles. The van der Waals surface area contributed by atoms with Gasteiger partial charge in [-0.3, -0.25) is 19.1 Å². The molecule has 140 valence electrons. The fourth-order valence-electron chi connectivity index (χ4n) is 3.82. The lowest BCUT2D eigenvalue weighted by molar-refractivity contribution is 0.0664. The Bertz CT molecular complexity index is 866. The SMILES string of the molecule is O=C1c2ccccc2C(=O)N1CCSc1nnc(N2CCCC2)n1C1CC1. The zero-order chi connectivity index (χ0) is 18.4. The second kappa shape index (κ2) is 6.67. The van der Waals surface area contributed by atoms with E-state index in [9.17, 15) is 9.59 Å². The summed E-state index contributed by atoms with van der Waals surface area (Å²) in [7, 11) is 0. The lowest BCUT2D eigenvalue weighted by Gasteiger charge is -2.18. The van der Waals surface area contributed by atoms with Crippen molar-refractivity contribution in [3.63, 3.8) is 0 Å². The maximum Gasteiger partial charge on any atom is 0.261 e. The van der Waals surface area contributed by atoms with Crippen LogP contribution >= 0.6 is 11.8 Å².